The largest absolute Gasteiger partial charge is 0.465 e. The van der Waals surface area contributed by atoms with E-state index in [0.29, 0.717) is 44.8 Å². The summed E-state index contributed by atoms with van der Waals surface area (Å²) in [6, 6.07) is 11.8. The van der Waals surface area contributed by atoms with Crippen molar-refractivity contribution < 1.29 is 9.53 Å². The molecule has 132 valence electrons. The van der Waals surface area contributed by atoms with Crippen LogP contribution in [-0.4, -0.2) is 27.4 Å². The zero-order valence-corrected chi connectivity index (χ0v) is 15.6. The summed E-state index contributed by atoms with van der Waals surface area (Å²) in [6.45, 7) is 0.376. The Morgan fingerprint density at radius 3 is 2.50 bits per heavy atom. The summed E-state index contributed by atoms with van der Waals surface area (Å²) in [5.74, 6) is -0.293. The van der Waals surface area contributed by atoms with Gasteiger partial charge in [0.05, 0.1) is 23.2 Å². The highest BCUT2D eigenvalue weighted by atomic mass is 35.5. The van der Waals surface area contributed by atoms with Crippen LogP contribution < -0.4 is 5.56 Å². The summed E-state index contributed by atoms with van der Waals surface area (Å²) in [6.07, 6.45) is 0.577. The van der Waals surface area contributed by atoms with Gasteiger partial charge in [-0.25, -0.2) is 4.98 Å². The zero-order valence-electron chi connectivity index (χ0n) is 13.3. The third kappa shape index (κ3) is 3.20. The van der Waals surface area contributed by atoms with E-state index in [1.165, 1.54) is 16.3 Å². The molecule has 1 aliphatic rings. The molecule has 2 heterocycles. The number of cyclic esters (lactones) is 1. The molecule has 5 nitrogen and oxygen atoms in total. The van der Waals surface area contributed by atoms with Gasteiger partial charge in [0.25, 0.3) is 5.56 Å². The number of benzene rings is 2. The molecule has 2 aromatic carbocycles. The Kier molecular flexibility index (Phi) is 4.65. The molecule has 0 bridgehead atoms. The molecule has 26 heavy (non-hydrogen) atoms. The van der Waals surface area contributed by atoms with Gasteiger partial charge in [-0.05, 0) is 42.5 Å². The van der Waals surface area contributed by atoms with Crippen LogP contribution in [0.15, 0.2) is 52.4 Å². The number of fused-ring (bicyclic) bond motifs is 1. The van der Waals surface area contributed by atoms with Gasteiger partial charge in [-0.2, -0.15) is 0 Å². The van der Waals surface area contributed by atoms with Gasteiger partial charge in [-0.15, -0.1) is 0 Å². The van der Waals surface area contributed by atoms with Crippen LogP contribution in [0.25, 0.3) is 16.6 Å². The molecular formula is C18H12Cl2N2O3S. The molecule has 0 spiro atoms. The van der Waals surface area contributed by atoms with Gasteiger partial charge in [0.15, 0.2) is 5.16 Å². The fraction of sp³-hybridized carbons (Fsp3) is 0.167. The van der Waals surface area contributed by atoms with Crippen LogP contribution in [0, 0.1) is 0 Å². The number of esters is 1. The summed E-state index contributed by atoms with van der Waals surface area (Å²) in [5, 5.41) is 1.52. The molecule has 1 aliphatic heterocycles. The lowest BCUT2D eigenvalue weighted by molar-refractivity contribution is -0.137. The Morgan fingerprint density at radius 1 is 1.08 bits per heavy atom. The van der Waals surface area contributed by atoms with Gasteiger partial charge in [0.1, 0.15) is 5.25 Å². The van der Waals surface area contributed by atoms with Crippen LogP contribution >= 0.6 is 35.0 Å². The van der Waals surface area contributed by atoms with Crippen LogP contribution in [0.1, 0.15) is 6.42 Å². The molecular weight excluding hydrogens is 395 g/mol. The first-order valence-electron chi connectivity index (χ1n) is 7.84. The lowest BCUT2D eigenvalue weighted by Crippen LogP contribution is -2.23. The first-order valence-corrected chi connectivity index (χ1v) is 9.48. The predicted octanol–water partition coefficient (Wildman–Crippen LogP) is 4.10. The highest BCUT2D eigenvalue weighted by molar-refractivity contribution is 8.00. The van der Waals surface area contributed by atoms with Crippen molar-refractivity contribution in [3.05, 3.63) is 62.9 Å². The Hall–Kier alpha value is -2.02. The topological polar surface area (TPSA) is 61.2 Å². The summed E-state index contributed by atoms with van der Waals surface area (Å²) in [4.78, 5) is 29.6. The molecule has 0 unspecified atom stereocenters. The molecule has 0 aliphatic carbocycles. The quantitative estimate of drug-likeness (QED) is 0.483. The molecule has 1 fully saturated rings. The predicted molar refractivity (Wildman–Crippen MR) is 103 cm³/mol. The number of hydrogen-bond acceptors (Lipinski definition) is 5. The van der Waals surface area contributed by atoms with Crippen molar-refractivity contribution >= 4 is 51.8 Å². The fourth-order valence-electron chi connectivity index (χ4n) is 2.75. The average Bonchev–Trinajstić information content (AvgIpc) is 3.01. The van der Waals surface area contributed by atoms with Crippen molar-refractivity contribution in [2.24, 2.45) is 0 Å². The second-order valence-electron chi connectivity index (χ2n) is 5.74. The van der Waals surface area contributed by atoms with E-state index in [9.17, 15) is 9.59 Å². The van der Waals surface area contributed by atoms with E-state index in [1.54, 1.807) is 42.5 Å². The number of carbonyl (C=O) groups is 1. The average molecular weight is 407 g/mol. The number of nitrogens with zero attached hydrogens (tertiary/aromatic N) is 2. The van der Waals surface area contributed by atoms with Gasteiger partial charge in [0, 0.05) is 16.5 Å². The summed E-state index contributed by atoms with van der Waals surface area (Å²) in [7, 11) is 0. The van der Waals surface area contributed by atoms with Crippen LogP contribution in [0.5, 0.6) is 0 Å². The maximum atomic E-state index is 13.1. The van der Waals surface area contributed by atoms with Crippen LogP contribution in [0.4, 0.5) is 0 Å². The molecule has 0 amide bonds. The Balaban J connectivity index is 1.93. The highest BCUT2D eigenvalue weighted by Gasteiger charge is 2.29. The molecule has 1 aromatic heterocycles. The number of aromatic nitrogens is 2. The van der Waals surface area contributed by atoms with E-state index in [4.69, 9.17) is 27.9 Å². The molecule has 0 saturated carbocycles. The summed E-state index contributed by atoms with van der Waals surface area (Å²) < 4.78 is 6.51. The Labute approximate surface area is 162 Å². The molecule has 1 saturated heterocycles. The molecule has 1 atom stereocenters. The Bertz CT molecular complexity index is 1070. The van der Waals surface area contributed by atoms with Crippen LogP contribution in [0.2, 0.25) is 10.0 Å². The van der Waals surface area contributed by atoms with E-state index < -0.39 is 5.25 Å². The number of rotatable bonds is 3. The zero-order chi connectivity index (χ0) is 18.3. The van der Waals surface area contributed by atoms with E-state index in [-0.39, 0.29) is 11.5 Å². The SMILES string of the molecule is O=C1OCC[C@@H]1Sc1nc2cc(Cl)ccc2c(=O)n1-c1ccc(Cl)cc1. The van der Waals surface area contributed by atoms with Crippen molar-refractivity contribution in [1.29, 1.82) is 0 Å². The molecule has 4 rings (SSSR count). The van der Waals surface area contributed by atoms with Crippen LogP contribution in [-0.2, 0) is 9.53 Å². The fourth-order valence-corrected chi connectivity index (χ4v) is 4.12. The number of hydrogen-bond donors (Lipinski definition) is 0. The summed E-state index contributed by atoms with van der Waals surface area (Å²) in [5.41, 5.74) is 0.877. The standard InChI is InChI=1S/C18H12Cl2N2O3S/c19-10-1-4-12(5-2-10)22-16(23)13-6-3-11(20)9-14(13)21-18(22)26-15-7-8-25-17(15)24/h1-6,9,15H,7-8H2/t15-/m0/s1. The second-order valence-corrected chi connectivity index (χ2v) is 7.78. The number of halogens is 2. The van der Waals surface area contributed by atoms with Gasteiger partial charge < -0.3 is 4.74 Å². The van der Waals surface area contributed by atoms with Crippen LogP contribution in [0.3, 0.4) is 0 Å². The molecule has 8 heteroatoms. The van der Waals surface area contributed by atoms with E-state index in [2.05, 4.69) is 4.98 Å². The van der Waals surface area contributed by atoms with Gasteiger partial charge in [0.2, 0.25) is 0 Å². The minimum Gasteiger partial charge on any atom is -0.465 e. The Morgan fingerprint density at radius 2 is 1.81 bits per heavy atom. The van der Waals surface area contributed by atoms with Gasteiger partial charge in [-0.1, -0.05) is 35.0 Å². The lowest BCUT2D eigenvalue weighted by atomic mass is 10.2. The third-order valence-corrected chi connectivity index (χ3v) is 5.70. The minimum absolute atomic E-state index is 0.233. The van der Waals surface area contributed by atoms with E-state index in [1.807, 2.05) is 0 Å². The van der Waals surface area contributed by atoms with Crippen molar-refractivity contribution in [3.8, 4) is 5.69 Å². The van der Waals surface area contributed by atoms with Crippen molar-refractivity contribution in [2.45, 2.75) is 16.8 Å². The van der Waals surface area contributed by atoms with Crippen molar-refractivity contribution in [3.63, 3.8) is 0 Å². The van der Waals surface area contributed by atoms with E-state index in [0.717, 1.165) is 0 Å². The first kappa shape index (κ1) is 17.4. The van der Waals surface area contributed by atoms with Crippen molar-refractivity contribution in [1.82, 2.24) is 9.55 Å². The number of carbonyl (C=O) groups excluding carboxylic acids is 1. The lowest BCUT2D eigenvalue weighted by Gasteiger charge is -2.14. The maximum Gasteiger partial charge on any atom is 0.319 e. The maximum absolute atomic E-state index is 13.1. The smallest absolute Gasteiger partial charge is 0.319 e. The van der Waals surface area contributed by atoms with Crippen molar-refractivity contribution in [2.75, 3.05) is 6.61 Å². The van der Waals surface area contributed by atoms with Gasteiger partial charge in [-0.3, -0.25) is 14.2 Å². The minimum atomic E-state index is -0.392. The van der Waals surface area contributed by atoms with E-state index >= 15 is 0 Å². The number of ether oxygens (including phenoxy) is 1. The second kappa shape index (κ2) is 6.95. The number of thioether (sulfide) groups is 1. The van der Waals surface area contributed by atoms with Gasteiger partial charge >= 0.3 is 5.97 Å². The first-order chi connectivity index (χ1) is 12.5. The normalized spacial score (nSPS) is 16.8. The summed E-state index contributed by atoms with van der Waals surface area (Å²) >= 11 is 13.2. The third-order valence-electron chi connectivity index (χ3n) is 4.02. The molecule has 0 N–H and O–H groups in total. The highest BCUT2D eigenvalue weighted by Crippen LogP contribution is 2.30. The molecule has 3 aromatic rings. The monoisotopic (exact) mass is 406 g/mol. The molecule has 0 radical (unpaired) electrons.